The smallest absolute Gasteiger partial charge is 0.155 e. The second-order valence-corrected chi connectivity index (χ2v) is 4.40. The van der Waals surface area contributed by atoms with Crippen LogP contribution < -0.4 is 10.1 Å². The highest BCUT2D eigenvalue weighted by Gasteiger charge is 2.16. The number of hydrogen-bond donors (Lipinski definition) is 1. The van der Waals surface area contributed by atoms with Gasteiger partial charge in [0.05, 0.1) is 5.52 Å². The van der Waals surface area contributed by atoms with Gasteiger partial charge >= 0.3 is 0 Å². The first-order valence-corrected chi connectivity index (χ1v) is 6.00. The lowest BCUT2D eigenvalue weighted by Gasteiger charge is -2.23. The van der Waals surface area contributed by atoms with Gasteiger partial charge in [0.25, 0.3) is 0 Å². The second kappa shape index (κ2) is 4.33. The molecule has 0 saturated carbocycles. The van der Waals surface area contributed by atoms with Crippen molar-refractivity contribution in [3.63, 3.8) is 0 Å². The maximum Gasteiger partial charge on any atom is 0.155 e. The summed E-state index contributed by atoms with van der Waals surface area (Å²) >= 11 is 0. The molecular formula is C12H16N4O. The van der Waals surface area contributed by atoms with Gasteiger partial charge in [0.1, 0.15) is 11.9 Å². The number of ether oxygens (including phenoxy) is 1. The van der Waals surface area contributed by atoms with Crippen LogP contribution in [0, 0.1) is 0 Å². The molecule has 0 aliphatic carbocycles. The van der Waals surface area contributed by atoms with Gasteiger partial charge in [-0.05, 0) is 38.1 Å². The highest BCUT2D eigenvalue weighted by molar-refractivity contribution is 5.80. The third-order valence-corrected chi connectivity index (χ3v) is 3.19. The molecule has 5 nitrogen and oxygen atoms in total. The van der Waals surface area contributed by atoms with E-state index in [-0.39, 0.29) is 0 Å². The Balaban J connectivity index is 1.89. The third-order valence-electron chi connectivity index (χ3n) is 3.19. The van der Waals surface area contributed by atoms with Crippen LogP contribution in [-0.4, -0.2) is 34.2 Å². The summed E-state index contributed by atoms with van der Waals surface area (Å²) in [5, 5.41) is 11.5. The fourth-order valence-electron chi connectivity index (χ4n) is 2.22. The predicted octanol–water partition coefficient (Wildman–Crippen LogP) is 1.10. The maximum atomic E-state index is 6.03. The zero-order valence-corrected chi connectivity index (χ0v) is 9.89. The van der Waals surface area contributed by atoms with Crippen LogP contribution in [0.4, 0.5) is 0 Å². The average molecular weight is 232 g/mol. The molecule has 0 amide bonds. The summed E-state index contributed by atoms with van der Waals surface area (Å²) in [5.41, 5.74) is 1.87. The average Bonchev–Trinajstić information content (AvgIpc) is 2.74. The van der Waals surface area contributed by atoms with Gasteiger partial charge in [0.2, 0.25) is 0 Å². The van der Waals surface area contributed by atoms with Crippen LogP contribution in [0.15, 0.2) is 18.2 Å². The van der Waals surface area contributed by atoms with E-state index in [9.17, 15) is 0 Å². The van der Waals surface area contributed by atoms with Crippen LogP contribution in [0.25, 0.3) is 11.0 Å². The monoisotopic (exact) mass is 232 g/mol. The molecule has 0 spiro atoms. The fraction of sp³-hybridized carbons (Fsp3) is 0.500. The van der Waals surface area contributed by atoms with Gasteiger partial charge in [-0.15, -0.1) is 5.10 Å². The Hall–Kier alpha value is -1.62. The summed E-state index contributed by atoms with van der Waals surface area (Å²) in [5.74, 6) is 0.850. The third kappa shape index (κ3) is 1.98. The SMILES string of the molecule is Cn1nnc2c(OC3CCNCC3)cccc21. The number of fused-ring (bicyclic) bond motifs is 1. The van der Waals surface area contributed by atoms with Crippen LogP contribution in [0.3, 0.4) is 0 Å². The van der Waals surface area contributed by atoms with E-state index in [0.717, 1.165) is 42.7 Å². The minimum absolute atomic E-state index is 0.295. The highest BCUT2D eigenvalue weighted by Crippen LogP contribution is 2.25. The molecule has 1 saturated heterocycles. The van der Waals surface area contributed by atoms with Crippen molar-refractivity contribution in [3.05, 3.63) is 18.2 Å². The van der Waals surface area contributed by atoms with E-state index in [1.54, 1.807) is 4.68 Å². The zero-order chi connectivity index (χ0) is 11.7. The Bertz CT molecular complexity index is 516. The van der Waals surface area contributed by atoms with Gasteiger partial charge in [0, 0.05) is 7.05 Å². The van der Waals surface area contributed by atoms with Crippen molar-refractivity contribution < 1.29 is 4.74 Å². The van der Waals surface area contributed by atoms with Crippen LogP contribution in [0.2, 0.25) is 0 Å². The molecule has 3 rings (SSSR count). The van der Waals surface area contributed by atoms with E-state index in [4.69, 9.17) is 4.74 Å². The molecule has 2 heterocycles. The molecule has 17 heavy (non-hydrogen) atoms. The lowest BCUT2D eigenvalue weighted by Crippen LogP contribution is -2.34. The molecule has 5 heteroatoms. The number of nitrogens with one attached hydrogen (secondary N) is 1. The molecule has 2 aromatic rings. The number of benzene rings is 1. The van der Waals surface area contributed by atoms with Crippen LogP contribution in [0.1, 0.15) is 12.8 Å². The Morgan fingerprint density at radius 3 is 3.00 bits per heavy atom. The molecule has 1 aliphatic heterocycles. The molecule has 1 aromatic heterocycles. The molecule has 1 N–H and O–H groups in total. The van der Waals surface area contributed by atoms with Crippen molar-refractivity contribution in [2.24, 2.45) is 7.05 Å². The van der Waals surface area contributed by atoms with Crippen LogP contribution >= 0.6 is 0 Å². The number of aryl methyl sites for hydroxylation is 1. The van der Waals surface area contributed by atoms with Crippen molar-refractivity contribution in [1.29, 1.82) is 0 Å². The molecule has 1 fully saturated rings. The summed E-state index contributed by atoms with van der Waals surface area (Å²) in [6.07, 6.45) is 2.40. The summed E-state index contributed by atoms with van der Waals surface area (Å²) in [6, 6.07) is 5.96. The van der Waals surface area contributed by atoms with Gasteiger partial charge in [-0.3, -0.25) is 0 Å². The Labute approximate surface area is 99.8 Å². The standard InChI is InChI=1S/C12H16N4O/c1-16-10-3-2-4-11(12(10)14-15-16)17-9-5-7-13-8-6-9/h2-4,9,13H,5-8H2,1H3. The fourth-order valence-corrected chi connectivity index (χ4v) is 2.22. The van der Waals surface area contributed by atoms with E-state index >= 15 is 0 Å². The first-order valence-electron chi connectivity index (χ1n) is 6.00. The minimum Gasteiger partial charge on any atom is -0.488 e. The second-order valence-electron chi connectivity index (χ2n) is 4.40. The van der Waals surface area contributed by atoms with Gasteiger partial charge in [-0.2, -0.15) is 0 Å². The molecule has 90 valence electrons. The Morgan fingerprint density at radius 1 is 1.35 bits per heavy atom. The summed E-state index contributed by atoms with van der Waals surface area (Å²) in [4.78, 5) is 0. The van der Waals surface area contributed by atoms with Crippen LogP contribution in [-0.2, 0) is 7.05 Å². The molecule has 1 aromatic carbocycles. The minimum atomic E-state index is 0.295. The van der Waals surface area contributed by atoms with Crippen molar-refractivity contribution in [1.82, 2.24) is 20.3 Å². The first-order chi connectivity index (χ1) is 8.34. The highest BCUT2D eigenvalue weighted by atomic mass is 16.5. The molecule has 0 bridgehead atoms. The zero-order valence-electron chi connectivity index (χ0n) is 9.89. The van der Waals surface area contributed by atoms with Gasteiger partial charge in [-0.1, -0.05) is 11.3 Å². The molecule has 0 unspecified atom stereocenters. The largest absolute Gasteiger partial charge is 0.488 e. The van der Waals surface area contributed by atoms with E-state index < -0.39 is 0 Å². The van der Waals surface area contributed by atoms with Crippen molar-refractivity contribution >= 4 is 11.0 Å². The number of piperidine rings is 1. The maximum absolute atomic E-state index is 6.03. The van der Waals surface area contributed by atoms with Crippen LogP contribution in [0.5, 0.6) is 5.75 Å². The van der Waals surface area contributed by atoms with Gasteiger partial charge in [-0.25, -0.2) is 4.68 Å². The molecular weight excluding hydrogens is 216 g/mol. The Kier molecular flexibility index (Phi) is 2.68. The predicted molar refractivity (Wildman–Crippen MR) is 65.0 cm³/mol. The first kappa shape index (κ1) is 10.5. The van der Waals surface area contributed by atoms with Gasteiger partial charge < -0.3 is 10.1 Å². The summed E-state index contributed by atoms with van der Waals surface area (Å²) < 4.78 is 7.79. The van der Waals surface area contributed by atoms with Gasteiger partial charge in [0.15, 0.2) is 5.52 Å². The van der Waals surface area contributed by atoms with E-state index in [0.29, 0.717) is 6.10 Å². The lowest BCUT2D eigenvalue weighted by molar-refractivity contribution is 0.164. The van der Waals surface area contributed by atoms with E-state index in [2.05, 4.69) is 15.6 Å². The lowest BCUT2D eigenvalue weighted by atomic mass is 10.1. The number of aromatic nitrogens is 3. The molecule has 1 aliphatic rings. The number of rotatable bonds is 2. The Morgan fingerprint density at radius 2 is 2.18 bits per heavy atom. The normalized spacial score (nSPS) is 17.5. The van der Waals surface area contributed by atoms with E-state index in [1.807, 2.05) is 25.2 Å². The summed E-state index contributed by atoms with van der Waals surface area (Å²) in [7, 11) is 1.89. The topological polar surface area (TPSA) is 52.0 Å². The summed E-state index contributed by atoms with van der Waals surface area (Å²) in [6.45, 7) is 2.06. The number of hydrogen-bond acceptors (Lipinski definition) is 4. The molecule has 0 atom stereocenters. The van der Waals surface area contributed by atoms with E-state index in [1.165, 1.54) is 0 Å². The van der Waals surface area contributed by atoms with Crippen molar-refractivity contribution in [2.75, 3.05) is 13.1 Å². The number of nitrogens with zero attached hydrogens (tertiary/aromatic N) is 3. The van der Waals surface area contributed by atoms with Crippen molar-refractivity contribution in [3.8, 4) is 5.75 Å². The molecule has 0 radical (unpaired) electrons. The van der Waals surface area contributed by atoms with Crippen molar-refractivity contribution in [2.45, 2.75) is 18.9 Å². The quantitative estimate of drug-likeness (QED) is 0.842.